The van der Waals surface area contributed by atoms with Crippen molar-refractivity contribution in [2.24, 2.45) is 0 Å². The zero-order valence-electron chi connectivity index (χ0n) is 10.4. The number of hydrogen-bond donors (Lipinski definition) is 1. The first-order valence-corrected chi connectivity index (χ1v) is 5.86. The minimum atomic E-state index is -0.110. The number of amides is 1. The molecule has 4 heteroatoms. The SMILES string of the molecule is CCC(C)NC(=O)c1cn2ccc(C)cc2n1. The average molecular weight is 231 g/mol. The van der Waals surface area contributed by atoms with Gasteiger partial charge in [0, 0.05) is 18.4 Å². The maximum absolute atomic E-state index is 11.9. The lowest BCUT2D eigenvalue weighted by atomic mass is 10.2. The van der Waals surface area contributed by atoms with Gasteiger partial charge >= 0.3 is 0 Å². The Bertz CT molecular complexity index is 545. The van der Waals surface area contributed by atoms with Gasteiger partial charge in [0.2, 0.25) is 0 Å². The molecule has 17 heavy (non-hydrogen) atoms. The monoisotopic (exact) mass is 231 g/mol. The highest BCUT2D eigenvalue weighted by atomic mass is 16.1. The lowest BCUT2D eigenvalue weighted by molar-refractivity contribution is 0.0935. The Morgan fingerprint density at radius 2 is 2.35 bits per heavy atom. The van der Waals surface area contributed by atoms with Crippen molar-refractivity contribution in [3.63, 3.8) is 0 Å². The fraction of sp³-hybridized carbons (Fsp3) is 0.385. The van der Waals surface area contributed by atoms with Crippen LogP contribution in [-0.2, 0) is 0 Å². The van der Waals surface area contributed by atoms with Crippen LogP contribution in [0.4, 0.5) is 0 Å². The Hall–Kier alpha value is -1.84. The molecular formula is C13H17N3O. The van der Waals surface area contributed by atoms with Gasteiger partial charge in [0.15, 0.2) is 0 Å². The van der Waals surface area contributed by atoms with Crippen LogP contribution in [-0.4, -0.2) is 21.3 Å². The van der Waals surface area contributed by atoms with Crippen LogP contribution < -0.4 is 5.32 Å². The molecule has 90 valence electrons. The van der Waals surface area contributed by atoms with Crippen molar-refractivity contribution < 1.29 is 4.79 Å². The Labute approximate surface area is 101 Å². The topological polar surface area (TPSA) is 46.4 Å². The van der Waals surface area contributed by atoms with Crippen LogP contribution in [0.15, 0.2) is 24.5 Å². The Morgan fingerprint density at radius 1 is 1.59 bits per heavy atom. The molecule has 0 aliphatic rings. The summed E-state index contributed by atoms with van der Waals surface area (Å²) >= 11 is 0. The maximum atomic E-state index is 11.9. The van der Waals surface area contributed by atoms with Crippen LogP contribution >= 0.6 is 0 Å². The summed E-state index contributed by atoms with van der Waals surface area (Å²) in [5.74, 6) is -0.110. The molecule has 0 spiro atoms. The summed E-state index contributed by atoms with van der Waals surface area (Å²) in [6.45, 7) is 6.03. The Morgan fingerprint density at radius 3 is 3.06 bits per heavy atom. The predicted octanol–water partition coefficient (Wildman–Crippen LogP) is 2.17. The van der Waals surface area contributed by atoms with E-state index >= 15 is 0 Å². The molecule has 2 aromatic heterocycles. The largest absolute Gasteiger partial charge is 0.348 e. The molecule has 1 unspecified atom stereocenters. The van der Waals surface area contributed by atoms with E-state index in [4.69, 9.17) is 0 Å². The van der Waals surface area contributed by atoms with Crippen molar-refractivity contribution >= 4 is 11.6 Å². The smallest absolute Gasteiger partial charge is 0.271 e. The number of imidazole rings is 1. The maximum Gasteiger partial charge on any atom is 0.271 e. The molecule has 1 N–H and O–H groups in total. The van der Waals surface area contributed by atoms with Crippen LogP contribution in [0.2, 0.25) is 0 Å². The van der Waals surface area contributed by atoms with E-state index in [2.05, 4.69) is 10.3 Å². The molecule has 0 aliphatic heterocycles. The summed E-state index contributed by atoms with van der Waals surface area (Å²) in [6, 6.07) is 4.12. The second kappa shape index (κ2) is 4.57. The lowest BCUT2D eigenvalue weighted by Crippen LogP contribution is -2.32. The Balaban J connectivity index is 2.27. The summed E-state index contributed by atoms with van der Waals surface area (Å²) in [4.78, 5) is 16.2. The van der Waals surface area contributed by atoms with Crippen molar-refractivity contribution in [1.29, 1.82) is 0 Å². The van der Waals surface area contributed by atoms with Gasteiger partial charge in [0.25, 0.3) is 5.91 Å². The standard InChI is InChI=1S/C13H17N3O/c1-4-10(3)14-13(17)11-8-16-6-5-9(2)7-12(16)15-11/h5-8,10H,4H2,1-3H3,(H,14,17). The van der Waals surface area contributed by atoms with Gasteiger partial charge in [0.05, 0.1) is 0 Å². The first kappa shape index (κ1) is 11.6. The molecule has 0 bridgehead atoms. The van der Waals surface area contributed by atoms with Gasteiger partial charge in [0.1, 0.15) is 11.3 Å². The van der Waals surface area contributed by atoms with Gasteiger partial charge < -0.3 is 9.72 Å². The third-order valence-corrected chi connectivity index (χ3v) is 2.84. The highest BCUT2D eigenvalue weighted by Crippen LogP contribution is 2.07. The first-order valence-electron chi connectivity index (χ1n) is 5.86. The highest BCUT2D eigenvalue weighted by molar-refractivity contribution is 5.93. The van der Waals surface area contributed by atoms with Crippen LogP contribution in [0.25, 0.3) is 5.65 Å². The number of pyridine rings is 1. The average Bonchev–Trinajstić information content (AvgIpc) is 2.71. The number of fused-ring (bicyclic) bond motifs is 1. The summed E-state index contributed by atoms with van der Waals surface area (Å²) < 4.78 is 1.86. The lowest BCUT2D eigenvalue weighted by Gasteiger charge is -2.08. The molecule has 0 aliphatic carbocycles. The van der Waals surface area contributed by atoms with Gasteiger partial charge in [-0.1, -0.05) is 6.92 Å². The fourth-order valence-electron chi connectivity index (χ4n) is 1.59. The van der Waals surface area contributed by atoms with Crippen molar-refractivity contribution in [2.45, 2.75) is 33.2 Å². The van der Waals surface area contributed by atoms with Crippen molar-refractivity contribution in [3.8, 4) is 0 Å². The van der Waals surface area contributed by atoms with Crippen molar-refractivity contribution in [2.75, 3.05) is 0 Å². The van der Waals surface area contributed by atoms with Crippen LogP contribution in [0.1, 0.15) is 36.3 Å². The van der Waals surface area contributed by atoms with E-state index in [1.165, 1.54) is 0 Å². The van der Waals surface area contributed by atoms with E-state index in [0.717, 1.165) is 17.6 Å². The quantitative estimate of drug-likeness (QED) is 0.880. The van der Waals surface area contributed by atoms with E-state index in [1.807, 2.05) is 43.5 Å². The summed E-state index contributed by atoms with van der Waals surface area (Å²) in [7, 11) is 0. The van der Waals surface area contributed by atoms with Crippen molar-refractivity contribution in [3.05, 3.63) is 35.8 Å². The first-order chi connectivity index (χ1) is 8.10. The van der Waals surface area contributed by atoms with Gasteiger partial charge in [-0.3, -0.25) is 4.79 Å². The van der Waals surface area contributed by atoms with E-state index in [-0.39, 0.29) is 11.9 Å². The molecule has 1 amide bonds. The molecule has 0 saturated heterocycles. The number of nitrogens with zero attached hydrogens (tertiary/aromatic N) is 2. The minimum absolute atomic E-state index is 0.110. The normalized spacial score (nSPS) is 12.6. The van der Waals surface area contributed by atoms with Gasteiger partial charge in [-0.15, -0.1) is 0 Å². The van der Waals surface area contributed by atoms with Gasteiger partial charge in [-0.25, -0.2) is 4.98 Å². The summed E-state index contributed by atoms with van der Waals surface area (Å²) in [5.41, 5.74) is 2.41. The number of carbonyl (C=O) groups excluding carboxylic acids is 1. The molecule has 0 fully saturated rings. The van der Waals surface area contributed by atoms with E-state index in [1.54, 1.807) is 6.20 Å². The molecule has 0 saturated carbocycles. The molecule has 0 aromatic carbocycles. The van der Waals surface area contributed by atoms with Gasteiger partial charge in [-0.05, 0) is 38.0 Å². The number of hydrogen-bond acceptors (Lipinski definition) is 2. The molecule has 0 radical (unpaired) electrons. The zero-order valence-corrected chi connectivity index (χ0v) is 10.4. The number of aromatic nitrogens is 2. The van der Waals surface area contributed by atoms with E-state index < -0.39 is 0 Å². The second-order valence-electron chi connectivity index (χ2n) is 4.38. The molecule has 4 nitrogen and oxygen atoms in total. The highest BCUT2D eigenvalue weighted by Gasteiger charge is 2.12. The van der Waals surface area contributed by atoms with E-state index in [0.29, 0.717) is 5.69 Å². The number of nitrogens with one attached hydrogen (secondary N) is 1. The molecule has 2 heterocycles. The van der Waals surface area contributed by atoms with E-state index in [9.17, 15) is 4.79 Å². The molecule has 2 rings (SSSR count). The van der Waals surface area contributed by atoms with Crippen molar-refractivity contribution in [1.82, 2.24) is 14.7 Å². The zero-order chi connectivity index (χ0) is 12.4. The van der Waals surface area contributed by atoms with Crippen LogP contribution in [0.5, 0.6) is 0 Å². The molecular weight excluding hydrogens is 214 g/mol. The summed E-state index contributed by atoms with van der Waals surface area (Å²) in [6.07, 6.45) is 4.59. The molecule has 2 aromatic rings. The summed E-state index contributed by atoms with van der Waals surface area (Å²) in [5, 5.41) is 2.91. The number of aryl methyl sites for hydroxylation is 1. The van der Waals surface area contributed by atoms with Crippen LogP contribution in [0, 0.1) is 6.92 Å². The Kier molecular flexibility index (Phi) is 3.13. The predicted molar refractivity (Wildman–Crippen MR) is 67.1 cm³/mol. The molecule has 1 atom stereocenters. The second-order valence-corrected chi connectivity index (χ2v) is 4.38. The third kappa shape index (κ3) is 2.46. The number of rotatable bonds is 3. The number of carbonyl (C=O) groups is 1. The third-order valence-electron chi connectivity index (χ3n) is 2.84. The van der Waals surface area contributed by atoms with Gasteiger partial charge in [-0.2, -0.15) is 0 Å². The van der Waals surface area contributed by atoms with Crippen LogP contribution in [0.3, 0.4) is 0 Å². The minimum Gasteiger partial charge on any atom is -0.348 e. The fourth-order valence-corrected chi connectivity index (χ4v) is 1.59.